The summed E-state index contributed by atoms with van der Waals surface area (Å²) in [5.74, 6) is -2.60. The second-order valence-electron chi connectivity index (χ2n) is 21.0. The molecule has 0 N–H and O–H groups in total. The number of carbonyl (C=O) groups excluding carboxylic acids is 4. The van der Waals surface area contributed by atoms with Crippen molar-refractivity contribution < 1.29 is 38.1 Å². The number of fused-ring (bicyclic) bond motifs is 2. The van der Waals surface area contributed by atoms with Crippen LogP contribution in [0, 0.1) is 0 Å². The minimum Gasteiger partial charge on any atom is -0.465 e. The molecule has 0 amide bonds. The van der Waals surface area contributed by atoms with Crippen molar-refractivity contribution >= 4 is 69.1 Å². The van der Waals surface area contributed by atoms with E-state index in [9.17, 15) is 19.2 Å². The topological polar surface area (TPSA) is 167 Å². The van der Waals surface area contributed by atoms with E-state index in [2.05, 4.69) is 0 Å². The third kappa shape index (κ3) is 13.1. The second-order valence-corrected chi connectivity index (χ2v) is 21.9. The number of benzene rings is 6. The van der Waals surface area contributed by atoms with Crippen molar-refractivity contribution in [3.8, 4) is 22.9 Å². The summed E-state index contributed by atoms with van der Waals surface area (Å²) >= 11 is 12.6. The molecular formula is C60H62Cl2N6O8. The Morgan fingerprint density at radius 2 is 0.829 bits per heavy atom. The van der Waals surface area contributed by atoms with Gasteiger partial charge in [-0.1, -0.05) is 139 Å². The number of esters is 4. The Labute approximate surface area is 452 Å². The zero-order valence-electron chi connectivity index (χ0n) is 44.1. The van der Waals surface area contributed by atoms with Gasteiger partial charge in [0, 0.05) is 21.2 Å². The molecule has 0 saturated carbocycles. The van der Waals surface area contributed by atoms with Crippen molar-refractivity contribution in [2.75, 3.05) is 13.2 Å². The third-order valence-electron chi connectivity index (χ3n) is 13.1. The lowest BCUT2D eigenvalue weighted by atomic mass is 9.83. The number of hydrogen-bond donors (Lipinski definition) is 0. The number of hydrogen-bond acceptors (Lipinski definition) is 12. The van der Waals surface area contributed by atoms with Gasteiger partial charge >= 0.3 is 23.9 Å². The minimum atomic E-state index is -0.663. The molecule has 2 atom stereocenters. The van der Waals surface area contributed by atoms with E-state index in [1.54, 1.807) is 111 Å². The average Bonchev–Trinajstić information content (AvgIpc) is 4.04. The maximum Gasteiger partial charge on any atom is 0.343 e. The molecule has 0 fully saturated rings. The first-order valence-electron chi connectivity index (χ1n) is 25.6. The number of carbonyl (C=O) groups is 4. The summed E-state index contributed by atoms with van der Waals surface area (Å²) < 4.78 is 24.0. The summed E-state index contributed by atoms with van der Waals surface area (Å²) in [6, 6.07) is 35.2. The molecular weight excluding hydrogens is 1000 g/mol. The van der Waals surface area contributed by atoms with Crippen LogP contribution in [-0.4, -0.2) is 67.1 Å². The van der Waals surface area contributed by atoms with Crippen LogP contribution in [0.25, 0.3) is 33.4 Å². The fraction of sp³-hybridized carbons (Fsp3) is 0.333. The Morgan fingerprint density at radius 3 is 1.20 bits per heavy atom. The van der Waals surface area contributed by atoms with Gasteiger partial charge in [0.2, 0.25) is 0 Å². The molecule has 0 saturated heterocycles. The average molecular weight is 1070 g/mol. The molecule has 76 heavy (non-hydrogen) atoms. The fourth-order valence-electron chi connectivity index (χ4n) is 8.62. The summed E-state index contributed by atoms with van der Waals surface area (Å²) in [5.41, 5.74) is 5.49. The standard InChI is InChI=1S/C60H62Cl2N6O8/c1-37(41-31-45(59(3,4)5)53(75-57(71)39-21-15-13-16-22-39)51(33-41)67-63-47-27-25-43(61)35-49(47)65-67)55(69)73-29-19-11-9-10-12-20-30-74-56(70)38(2)42-32-46(60(6,7)8)54(76-58(72)40-23-17-14-18-24-40)52(34-42)68-64-48-28-26-44(62)36-50(48)66-68/h13-18,21-28,31-38H,9-12,19-20,29-30H2,1-8H3. The zero-order chi connectivity index (χ0) is 54.3. The van der Waals surface area contributed by atoms with E-state index in [1.807, 2.05) is 65.8 Å². The molecule has 2 unspecified atom stereocenters. The lowest BCUT2D eigenvalue weighted by Gasteiger charge is -2.26. The molecule has 2 aromatic heterocycles. The summed E-state index contributed by atoms with van der Waals surface area (Å²) in [6.07, 6.45) is 4.90. The molecule has 8 rings (SSSR count). The third-order valence-corrected chi connectivity index (χ3v) is 13.5. The molecule has 0 radical (unpaired) electrons. The Morgan fingerprint density at radius 1 is 0.474 bits per heavy atom. The Bertz CT molecular complexity index is 3170. The first-order chi connectivity index (χ1) is 36.2. The number of unbranched alkanes of at least 4 members (excludes halogenated alkanes) is 5. The highest BCUT2D eigenvalue weighted by Crippen LogP contribution is 2.42. The van der Waals surface area contributed by atoms with Crippen LogP contribution >= 0.6 is 23.2 Å². The molecule has 0 spiro atoms. The molecule has 0 bridgehead atoms. The van der Waals surface area contributed by atoms with Gasteiger partial charge in [0.05, 0.1) is 36.2 Å². The lowest BCUT2D eigenvalue weighted by Crippen LogP contribution is -2.21. The van der Waals surface area contributed by atoms with Gasteiger partial charge in [0.25, 0.3) is 0 Å². The molecule has 2 heterocycles. The van der Waals surface area contributed by atoms with Gasteiger partial charge in [-0.05, 0) is 121 Å². The van der Waals surface area contributed by atoms with E-state index >= 15 is 0 Å². The molecule has 394 valence electrons. The maximum atomic E-state index is 13.6. The highest BCUT2D eigenvalue weighted by Gasteiger charge is 2.32. The van der Waals surface area contributed by atoms with Crippen LogP contribution in [0.1, 0.15) is 149 Å². The van der Waals surface area contributed by atoms with Gasteiger partial charge in [0.1, 0.15) is 33.4 Å². The molecule has 16 heteroatoms. The second kappa shape index (κ2) is 23.6. The van der Waals surface area contributed by atoms with Gasteiger partial charge in [0.15, 0.2) is 11.5 Å². The normalized spacial score (nSPS) is 12.6. The van der Waals surface area contributed by atoms with Crippen LogP contribution in [0.4, 0.5) is 0 Å². The summed E-state index contributed by atoms with van der Waals surface area (Å²) in [7, 11) is 0. The number of nitrogens with zero attached hydrogens (tertiary/aromatic N) is 6. The number of aromatic nitrogens is 6. The highest BCUT2D eigenvalue weighted by atomic mass is 35.5. The van der Waals surface area contributed by atoms with Crippen LogP contribution in [-0.2, 0) is 29.9 Å². The van der Waals surface area contributed by atoms with Gasteiger partial charge < -0.3 is 18.9 Å². The Balaban J connectivity index is 0.856. The van der Waals surface area contributed by atoms with Crippen molar-refractivity contribution in [1.82, 2.24) is 30.0 Å². The van der Waals surface area contributed by atoms with E-state index in [0.29, 0.717) is 89.7 Å². The number of halogens is 2. The van der Waals surface area contributed by atoms with Gasteiger partial charge in [-0.2, -0.15) is 0 Å². The smallest absolute Gasteiger partial charge is 0.343 e. The molecule has 6 aromatic carbocycles. The summed E-state index contributed by atoms with van der Waals surface area (Å²) in [6.45, 7) is 16.2. The van der Waals surface area contributed by atoms with Crippen LogP contribution < -0.4 is 9.47 Å². The SMILES string of the molecule is CC(C(=O)OCCCCCCCCOC(=O)C(C)c1cc(-n2nc3ccc(Cl)cc3n2)c(OC(=O)c2ccccc2)c(C(C)(C)C)c1)c1cc(-n2nc3ccc(Cl)cc3n2)c(OC(=O)c2ccccc2)c(C(C)(C)C)c1. The number of ether oxygens (including phenoxy) is 4. The molecule has 0 aliphatic carbocycles. The number of rotatable bonds is 19. The van der Waals surface area contributed by atoms with Crippen molar-refractivity contribution in [3.05, 3.63) is 165 Å². The quantitative estimate of drug-likeness (QED) is 0.0428. The van der Waals surface area contributed by atoms with E-state index in [-0.39, 0.29) is 36.7 Å². The predicted molar refractivity (Wildman–Crippen MR) is 294 cm³/mol. The molecule has 0 aliphatic heterocycles. The first kappa shape index (κ1) is 54.8. The van der Waals surface area contributed by atoms with Gasteiger partial charge in [-0.15, -0.1) is 30.0 Å². The van der Waals surface area contributed by atoms with Gasteiger partial charge in [-0.3, -0.25) is 9.59 Å². The highest BCUT2D eigenvalue weighted by molar-refractivity contribution is 6.31. The monoisotopic (exact) mass is 1060 g/mol. The van der Waals surface area contributed by atoms with Gasteiger partial charge in [-0.25, -0.2) is 9.59 Å². The molecule has 14 nitrogen and oxygen atoms in total. The maximum absolute atomic E-state index is 13.6. The van der Waals surface area contributed by atoms with Crippen LogP contribution in [0.5, 0.6) is 11.5 Å². The van der Waals surface area contributed by atoms with E-state index in [0.717, 1.165) is 25.7 Å². The van der Waals surface area contributed by atoms with E-state index < -0.39 is 34.6 Å². The van der Waals surface area contributed by atoms with E-state index in [1.165, 1.54) is 9.59 Å². The predicted octanol–water partition coefficient (Wildman–Crippen LogP) is 13.8. The van der Waals surface area contributed by atoms with Crippen molar-refractivity contribution in [3.63, 3.8) is 0 Å². The van der Waals surface area contributed by atoms with Crippen LogP contribution in [0.2, 0.25) is 10.0 Å². The summed E-state index contributed by atoms with van der Waals surface area (Å²) in [5, 5.41) is 19.8. The zero-order valence-corrected chi connectivity index (χ0v) is 45.6. The minimum absolute atomic E-state index is 0.258. The van der Waals surface area contributed by atoms with Crippen molar-refractivity contribution in [1.29, 1.82) is 0 Å². The van der Waals surface area contributed by atoms with Crippen LogP contribution in [0.3, 0.4) is 0 Å². The van der Waals surface area contributed by atoms with E-state index in [4.69, 9.17) is 62.5 Å². The Kier molecular flexibility index (Phi) is 17.1. The largest absolute Gasteiger partial charge is 0.465 e. The summed E-state index contributed by atoms with van der Waals surface area (Å²) in [4.78, 5) is 57.2. The van der Waals surface area contributed by atoms with Crippen LogP contribution in [0.15, 0.2) is 121 Å². The fourth-order valence-corrected chi connectivity index (χ4v) is 8.95. The molecule has 0 aliphatic rings. The van der Waals surface area contributed by atoms with Crippen molar-refractivity contribution in [2.45, 2.75) is 117 Å². The molecule has 8 aromatic rings. The lowest BCUT2D eigenvalue weighted by molar-refractivity contribution is -0.146. The first-order valence-corrected chi connectivity index (χ1v) is 26.3. The Hall–Kier alpha value is -7.42. The van der Waals surface area contributed by atoms with Crippen molar-refractivity contribution in [2.24, 2.45) is 0 Å².